The lowest BCUT2D eigenvalue weighted by Gasteiger charge is -2.30. The molecule has 0 aromatic heterocycles. The molecule has 1 atom stereocenters. The van der Waals surface area contributed by atoms with E-state index in [-0.39, 0.29) is 11.3 Å². The highest BCUT2D eigenvalue weighted by atomic mass is 127. The molecule has 0 spiro atoms. The second kappa shape index (κ2) is 6.49. The van der Waals surface area contributed by atoms with Crippen LogP contribution in [0.2, 0.25) is 0 Å². The van der Waals surface area contributed by atoms with Crippen LogP contribution in [0.1, 0.15) is 30.1 Å². The summed E-state index contributed by atoms with van der Waals surface area (Å²) in [6, 6.07) is 4.60. The summed E-state index contributed by atoms with van der Waals surface area (Å²) in [4.78, 5) is 11.2. The van der Waals surface area contributed by atoms with Crippen LogP contribution in [0.15, 0.2) is 18.2 Å². The van der Waals surface area contributed by atoms with E-state index < -0.39 is 16.2 Å². The Bertz CT molecular complexity index is 648. The van der Waals surface area contributed by atoms with Gasteiger partial charge in [0, 0.05) is 16.7 Å². The van der Waals surface area contributed by atoms with E-state index in [0.717, 1.165) is 16.4 Å². The molecule has 8 heteroatoms. The number of piperidine rings is 1. The fourth-order valence-electron chi connectivity index (χ4n) is 2.35. The Labute approximate surface area is 137 Å². The van der Waals surface area contributed by atoms with Crippen LogP contribution in [0.4, 0.5) is 5.69 Å². The highest BCUT2D eigenvalue weighted by molar-refractivity contribution is 14.1. The van der Waals surface area contributed by atoms with E-state index in [4.69, 9.17) is 0 Å². The summed E-state index contributed by atoms with van der Waals surface area (Å²) in [5, 5.41) is 9.19. The number of benzene rings is 1. The van der Waals surface area contributed by atoms with Crippen LogP contribution in [0, 0.1) is 9.49 Å². The fourth-order valence-corrected chi connectivity index (χ4v) is 4.25. The fraction of sp³-hybridized carbons (Fsp3) is 0.462. The highest BCUT2D eigenvalue weighted by Crippen LogP contribution is 2.23. The third-order valence-corrected chi connectivity index (χ3v) is 5.57. The number of carbonyl (C=O) groups is 1. The quantitative estimate of drug-likeness (QED) is 0.727. The number of anilines is 1. The Morgan fingerprint density at radius 2 is 2.19 bits per heavy atom. The molecule has 116 valence electrons. The number of rotatable bonds is 4. The number of hydrogen-bond acceptors (Lipinski definition) is 3. The van der Waals surface area contributed by atoms with Crippen molar-refractivity contribution in [3.05, 3.63) is 27.3 Å². The van der Waals surface area contributed by atoms with Gasteiger partial charge in [0.15, 0.2) is 0 Å². The molecule has 2 rings (SSSR count). The standard InChI is InChI=1S/C13H17IN2O4S/c1-9-3-2-6-16(8-9)21(19,20)15-12-5-4-10(14)7-11(12)13(17)18/h4-5,7,9,15H,2-3,6,8H2,1H3,(H,17,18). The van der Waals surface area contributed by atoms with E-state index in [1.807, 2.05) is 29.5 Å². The molecule has 1 aliphatic rings. The normalized spacial score (nSPS) is 20.2. The summed E-state index contributed by atoms with van der Waals surface area (Å²) in [5.41, 5.74) is 0.0525. The van der Waals surface area contributed by atoms with E-state index in [1.165, 1.54) is 16.4 Å². The Hall–Kier alpha value is -0.870. The summed E-state index contributed by atoms with van der Waals surface area (Å²) in [6.07, 6.45) is 1.83. The third-order valence-electron chi connectivity index (χ3n) is 3.41. The van der Waals surface area contributed by atoms with Gasteiger partial charge in [0.25, 0.3) is 0 Å². The minimum absolute atomic E-state index is 0.0458. The van der Waals surface area contributed by atoms with Gasteiger partial charge in [-0.1, -0.05) is 6.92 Å². The molecular formula is C13H17IN2O4S. The van der Waals surface area contributed by atoms with E-state index >= 15 is 0 Å². The molecule has 2 N–H and O–H groups in total. The van der Waals surface area contributed by atoms with Crippen molar-refractivity contribution in [3.8, 4) is 0 Å². The van der Waals surface area contributed by atoms with Crippen LogP contribution in [0.3, 0.4) is 0 Å². The lowest BCUT2D eigenvalue weighted by Crippen LogP contribution is -2.42. The van der Waals surface area contributed by atoms with Crippen molar-refractivity contribution in [3.63, 3.8) is 0 Å². The minimum Gasteiger partial charge on any atom is -0.478 e. The molecule has 1 aliphatic heterocycles. The predicted octanol–water partition coefficient (Wildman–Crippen LogP) is 2.38. The van der Waals surface area contributed by atoms with Gasteiger partial charge in [0.2, 0.25) is 0 Å². The average Bonchev–Trinajstić information content (AvgIpc) is 2.40. The largest absolute Gasteiger partial charge is 0.478 e. The Morgan fingerprint density at radius 1 is 1.48 bits per heavy atom. The van der Waals surface area contributed by atoms with Gasteiger partial charge < -0.3 is 5.11 Å². The summed E-state index contributed by atoms with van der Waals surface area (Å²) >= 11 is 1.99. The molecular weight excluding hydrogens is 407 g/mol. The molecule has 1 fully saturated rings. The van der Waals surface area contributed by atoms with Crippen LogP contribution >= 0.6 is 22.6 Å². The molecule has 0 bridgehead atoms. The molecule has 1 aromatic carbocycles. The molecule has 1 unspecified atom stereocenters. The zero-order chi connectivity index (χ0) is 15.6. The van der Waals surface area contributed by atoms with E-state index in [0.29, 0.717) is 19.0 Å². The summed E-state index contributed by atoms with van der Waals surface area (Å²) in [7, 11) is -3.72. The van der Waals surface area contributed by atoms with Crippen LogP contribution in [-0.2, 0) is 10.2 Å². The van der Waals surface area contributed by atoms with Crippen molar-refractivity contribution >= 4 is 44.5 Å². The van der Waals surface area contributed by atoms with Crippen LogP contribution in [-0.4, -0.2) is 36.9 Å². The maximum absolute atomic E-state index is 12.4. The molecule has 1 aromatic rings. The Morgan fingerprint density at radius 3 is 2.81 bits per heavy atom. The van der Waals surface area contributed by atoms with E-state index in [2.05, 4.69) is 4.72 Å². The zero-order valence-corrected chi connectivity index (χ0v) is 14.5. The molecule has 1 heterocycles. The van der Waals surface area contributed by atoms with Crippen molar-refractivity contribution < 1.29 is 18.3 Å². The van der Waals surface area contributed by atoms with Gasteiger partial charge in [-0.25, -0.2) is 4.79 Å². The Balaban J connectivity index is 2.26. The van der Waals surface area contributed by atoms with Crippen LogP contribution in [0.25, 0.3) is 0 Å². The molecule has 0 aliphatic carbocycles. The molecule has 0 amide bonds. The summed E-state index contributed by atoms with van der Waals surface area (Å²) in [6.45, 7) is 2.93. The second-order valence-corrected chi connectivity index (χ2v) is 8.12. The lowest BCUT2D eigenvalue weighted by molar-refractivity contribution is 0.0698. The molecule has 0 saturated carbocycles. The summed E-state index contributed by atoms with van der Waals surface area (Å²) < 4.78 is 29.3. The topological polar surface area (TPSA) is 86.7 Å². The van der Waals surface area contributed by atoms with Crippen LogP contribution in [0.5, 0.6) is 0 Å². The summed E-state index contributed by atoms with van der Waals surface area (Å²) in [5.74, 6) is -0.843. The second-order valence-electron chi connectivity index (χ2n) is 5.21. The van der Waals surface area contributed by atoms with Gasteiger partial charge in [-0.05, 0) is 59.5 Å². The molecule has 21 heavy (non-hydrogen) atoms. The first kappa shape index (κ1) is 16.5. The molecule has 0 radical (unpaired) electrons. The van der Waals surface area contributed by atoms with Crippen LogP contribution < -0.4 is 4.72 Å². The van der Waals surface area contributed by atoms with Crippen molar-refractivity contribution in [2.45, 2.75) is 19.8 Å². The number of carboxylic acid groups (broad SMARTS) is 1. The van der Waals surface area contributed by atoms with Gasteiger partial charge in [-0.15, -0.1) is 0 Å². The molecule has 1 saturated heterocycles. The number of halogens is 1. The third kappa shape index (κ3) is 4.07. The number of aromatic carboxylic acids is 1. The van der Waals surface area contributed by atoms with Gasteiger partial charge in [-0.2, -0.15) is 12.7 Å². The number of hydrogen-bond donors (Lipinski definition) is 2. The van der Waals surface area contributed by atoms with Crippen molar-refractivity contribution in [1.29, 1.82) is 0 Å². The number of nitrogens with one attached hydrogen (secondary N) is 1. The van der Waals surface area contributed by atoms with Gasteiger partial charge >= 0.3 is 16.2 Å². The first-order valence-electron chi connectivity index (χ1n) is 6.60. The number of carboxylic acids is 1. The Kier molecular flexibility index (Phi) is 5.10. The smallest absolute Gasteiger partial charge is 0.337 e. The number of nitrogens with zero attached hydrogens (tertiary/aromatic N) is 1. The monoisotopic (exact) mass is 424 g/mol. The van der Waals surface area contributed by atoms with Gasteiger partial charge in [0.1, 0.15) is 0 Å². The predicted molar refractivity (Wildman–Crippen MR) is 88.6 cm³/mol. The van der Waals surface area contributed by atoms with Gasteiger partial charge in [0.05, 0.1) is 11.3 Å². The SMILES string of the molecule is CC1CCCN(S(=O)(=O)Nc2ccc(I)cc2C(=O)O)C1. The molecule has 6 nitrogen and oxygen atoms in total. The van der Waals surface area contributed by atoms with E-state index in [1.54, 1.807) is 6.07 Å². The first-order chi connectivity index (χ1) is 9.79. The van der Waals surface area contributed by atoms with Crippen molar-refractivity contribution in [2.24, 2.45) is 5.92 Å². The van der Waals surface area contributed by atoms with Crippen molar-refractivity contribution in [1.82, 2.24) is 4.31 Å². The van der Waals surface area contributed by atoms with Crippen molar-refractivity contribution in [2.75, 3.05) is 17.8 Å². The average molecular weight is 424 g/mol. The highest BCUT2D eigenvalue weighted by Gasteiger charge is 2.28. The minimum atomic E-state index is -3.72. The zero-order valence-electron chi connectivity index (χ0n) is 11.5. The lowest BCUT2D eigenvalue weighted by atomic mass is 10.0. The first-order valence-corrected chi connectivity index (χ1v) is 9.12. The maximum Gasteiger partial charge on any atom is 0.337 e. The van der Waals surface area contributed by atoms with Gasteiger partial charge in [-0.3, -0.25) is 4.72 Å². The van der Waals surface area contributed by atoms with E-state index in [9.17, 15) is 18.3 Å². The maximum atomic E-state index is 12.4.